The third kappa shape index (κ3) is 11.4. The second kappa shape index (κ2) is 10.6. The number of allylic oxidation sites excluding steroid dienone is 10. The Balaban J connectivity index is 4.50. The summed E-state index contributed by atoms with van der Waals surface area (Å²) in [5, 5.41) is 8.69. The standard InChI is InChI=1S/C18H25NO2/c1-14(2)8-6-9-15(3)10-7-11-16(4)12-13-19-17(5)18(20)21/h6-13,17H,1-5H3,(H,20,21)/b9-6+,11-7+,15-10+,16-12+,19-13+/t17-/m0/s1. The number of carboxylic acids is 1. The molecule has 0 aliphatic rings. The molecule has 21 heavy (non-hydrogen) atoms. The first kappa shape index (κ1) is 18.8. The molecular formula is C18H25NO2. The van der Waals surface area contributed by atoms with Crippen LogP contribution in [0, 0.1) is 0 Å². The summed E-state index contributed by atoms with van der Waals surface area (Å²) < 4.78 is 0. The number of carbonyl (C=O) groups is 1. The Bertz CT molecular complexity index is 513. The van der Waals surface area contributed by atoms with Gasteiger partial charge in [-0.15, -0.1) is 0 Å². The van der Waals surface area contributed by atoms with E-state index in [1.807, 2.05) is 44.2 Å². The lowest BCUT2D eigenvalue weighted by molar-refractivity contribution is -0.137. The molecule has 0 amide bonds. The Morgan fingerprint density at radius 3 is 2.00 bits per heavy atom. The van der Waals surface area contributed by atoms with Crippen LogP contribution >= 0.6 is 0 Å². The van der Waals surface area contributed by atoms with Gasteiger partial charge in [0, 0.05) is 6.21 Å². The van der Waals surface area contributed by atoms with Gasteiger partial charge in [0.25, 0.3) is 0 Å². The maximum absolute atomic E-state index is 10.6. The number of carboxylic acid groups (broad SMARTS) is 1. The van der Waals surface area contributed by atoms with Gasteiger partial charge in [0.2, 0.25) is 0 Å². The van der Waals surface area contributed by atoms with Gasteiger partial charge in [-0.3, -0.25) is 4.99 Å². The minimum absolute atomic E-state index is 0.708. The van der Waals surface area contributed by atoms with E-state index in [0.29, 0.717) is 0 Å². The number of aliphatic imine (C=N–C) groups is 1. The van der Waals surface area contributed by atoms with Crippen LogP contribution in [0.15, 0.2) is 64.2 Å². The van der Waals surface area contributed by atoms with E-state index in [-0.39, 0.29) is 0 Å². The highest BCUT2D eigenvalue weighted by molar-refractivity contribution is 5.79. The first-order valence-electron chi connectivity index (χ1n) is 6.92. The fraction of sp³-hybridized carbons (Fsp3) is 0.333. The van der Waals surface area contributed by atoms with Crippen LogP contribution in [0.5, 0.6) is 0 Å². The van der Waals surface area contributed by atoms with Crippen molar-refractivity contribution in [2.45, 2.75) is 40.7 Å². The predicted octanol–water partition coefficient (Wildman–Crippen LogP) is 4.50. The monoisotopic (exact) mass is 287 g/mol. The smallest absolute Gasteiger partial charge is 0.328 e. The van der Waals surface area contributed by atoms with Crippen LogP contribution in [0.3, 0.4) is 0 Å². The molecule has 1 N–H and O–H groups in total. The molecule has 0 aliphatic heterocycles. The van der Waals surface area contributed by atoms with E-state index < -0.39 is 12.0 Å². The molecule has 1 atom stereocenters. The molecule has 0 radical (unpaired) electrons. The highest BCUT2D eigenvalue weighted by atomic mass is 16.4. The van der Waals surface area contributed by atoms with Crippen LogP contribution in [0.1, 0.15) is 34.6 Å². The number of rotatable bonds is 7. The normalized spacial score (nSPS) is 15.1. The van der Waals surface area contributed by atoms with Gasteiger partial charge in [-0.25, -0.2) is 4.79 Å². The molecule has 0 saturated heterocycles. The average molecular weight is 287 g/mol. The lowest BCUT2D eigenvalue weighted by Gasteiger charge is -1.95. The van der Waals surface area contributed by atoms with E-state index in [9.17, 15) is 4.79 Å². The van der Waals surface area contributed by atoms with Crippen molar-refractivity contribution in [3.8, 4) is 0 Å². The quantitative estimate of drug-likeness (QED) is 0.553. The number of aliphatic carboxylic acids is 1. The lowest BCUT2D eigenvalue weighted by atomic mass is 10.2. The fourth-order valence-electron chi connectivity index (χ4n) is 1.21. The van der Waals surface area contributed by atoms with Crippen molar-refractivity contribution >= 4 is 12.2 Å². The molecule has 0 aromatic heterocycles. The zero-order valence-electron chi connectivity index (χ0n) is 13.5. The molecule has 114 valence electrons. The van der Waals surface area contributed by atoms with E-state index in [4.69, 9.17) is 5.11 Å². The van der Waals surface area contributed by atoms with Gasteiger partial charge in [-0.2, -0.15) is 0 Å². The van der Waals surface area contributed by atoms with Gasteiger partial charge in [0.15, 0.2) is 0 Å². The molecule has 0 spiro atoms. The number of nitrogens with zero attached hydrogens (tertiary/aromatic N) is 1. The van der Waals surface area contributed by atoms with E-state index in [2.05, 4.69) is 24.9 Å². The molecule has 0 bridgehead atoms. The van der Waals surface area contributed by atoms with Crippen molar-refractivity contribution in [3.63, 3.8) is 0 Å². The first-order valence-corrected chi connectivity index (χ1v) is 6.92. The second-order valence-corrected chi connectivity index (χ2v) is 5.10. The molecule has 0 unspecified atom stereocenters. The second-order valence-electron chi connectivity index (χ2n) is 5.10. The van der Waals surface area contributed by atoms with Crippen LogP contribution in [0.25, 0.3) is 0 Å². The summed E-state index contributed by atoms with van der Waals surface area (Å²) in [6, 6.07) is -0.708. The minimum Gasteiger partial charge on any atom is -0.480 e. The molecular weight excluding hydrogens is 262 g/mol. The van der Waals surface area contributed by atoms with Gasteiger partial charge in [-0.05, 0) is 46.3 Å². The predicted molar refractivity (Wildman–Crippen MR) is 90.8 cm³/mol. The Morgan fingerprint density at radius 2 is 1.48 bits per heavy atom. The van der Waals surface area contributed by atoms with Gasteiger partial charge >= 0.3 is 5.97 Å². The molecule has 0 aromatic rings. The van der Waals surface area contributed by atoms with Crippen LogP contribution in [0.4, 0.5) is 0 Å². The maximum atomic E-state index is 10.6. The number of hydrogen-bond donors (Lipinski definition) is 1. The highest BCUT2D eigenvalue weighted by Crippen LogP contribution is 2.00. The van der Waals surface area contributed by atoms with Crippen molar-refractivity contribution in [3.05, 3.63) is 59.3 Å². The van der Waals surface area contributed by atoms with Gasteiger partial charge in [-0.1, -0.05) is 47.6 Å². The van der Waals surface area contributed by atoms with Gasteiger partial charge in [0.05, 0.1) is 0 Å². The van der Waals surface area contributed by atoms with Crippen molar-refractivity contribution in [1.29, 1.82) is 0 Å². The largest absolute Gasteiger partial charge is 0.480 e. The summed E-state index contributed by atoms with van der Waals surface area (Å²) in [5.74, 6) is -0.922. The summed E-state index contributed by atoms with van der Waals surface area (Å²) in [7, 11) is 0. The molecule has 0 saturated carbocycles. The molecule has 3 heteroatoms. The summed E-state index contributed by atoms with van der Waals surface area (Å²) >= 11 is 0. The maximum Gasteiger partial charge on any atom is 0.328 e. The van der Waals surface area contributed by atoms with Crippen molar-refractivity contribution in [2.75, 3.05) is 0 Å². The van der Waals surface area contributed by atoms with Crippen molar-refractivity contribution < 1.29 is 9.90 Å². The van der Waals surface area contributed by atoms with Crippen molar-refractivity contribution in [1.82, 2.24) is 0 Å². The SMILES string of the molecule is CC(C)=C/C=C/C(C)=C/C=C/C(C)=C/C=N/[C@@H](C)C(=O)O. The summed E-state index contributed by atoms with van der Waals surface area (Å²) in [5.41, 5.74) is 3.43. The lowest BCUT2D eigenvalue weighted by Crippen LogP contribution is -2.12. The third-order valence-electron chi connectivity index (χ3n) is 2.51. The Morgan fingerprint density at radius 1 is 0.952 bits per heavy atom. The van der Waals surface area contributed by atoms with E-state index in [1.165, 1.54) is 11.8 Å². The molecule has 0 aliphatic carbocycles. The van der Waals surface area contributed by atoms with E-state index in [0.717, 1.165) is 11.1 Å². The first-order chi connectivity index (χ1) is 9.82. The van der Waals surface area contributed by atoms with Gasteiger partial charge in [0.1, 0.15) is 6.04 Å². The summed E-state index contributed by atoms with van der Waals surface area (Å²) in [6.45, 7) is 9.64. The summed E-state index contributed by atoms with van der Waals surface area (Å²) in [4.78, 5) is 14.5. The Labute approximate surface area is 127 Å². The van der Waals surface area contributed by atoms with Gasteiger partial charge < -0.3 is 5.11 Å². The molecule has 0 aromatic carbocycles. The highest BCUT2D eigenvalue weighted by Gasteiger charge is 2.05. The summed E-state index contributed by atoms with van der Waals surface area (Å²) in [6.07, 6.45) is 15.4. The third-order valence-corrected chi connectivity index (χ3v) is 2.51. The topological polar surface area (TPSA) is 49.7 Å². The molecule has 0 heterocycles. The zero-order chi connectivity index (χ0) is 16.3. The Hall–Kier alpha value is -2.16. The van der Waals surface area contributed by atoms with Crippen molar-refractivity contribution in [2.24, 2.45) is 4.99 Å². The molecule has 0 rings (SSSR count). The number of hydrogen-bond acceptors (Lipinski definition) is 2. The minimum atomic E-state index is -0.922. The van der Waals surface area contributed by atoms with Crippen LogP contribution in [-0.4, -0.2) is 23.3 Å². The van der Waals surface area contributed by atoms with Crippen LogP contribution in [0.2, 0.25) is 0 Å². The zero-order valence-corrected chi connectivity index (χ0v) is 13.5. The van der Waals surface area contributed by atoms with Crippen LogP contribution < -0.4 is 0 Å². The molecule has 3 nitrogen and oxygen atoms in total. The fourth-order valence-corrected chi connectivity index (χ4v) is 1.21. The Kier molecular flexibility index (Phi) is 9.52. The van der Waals surface area contributed by atoms with E-state index in [1.54, 1.807) is 13.0 Å². The van der Waals surface area contributed by atoms with E-state index >= 15 is 0 Å². The average Bonchev–Trinajstić information content (AvgIpc) is 2.37. The molecule has 0 fully saturated rings. The van der Waals surface area contributed by atoms with Crippen LogP contribution in [-0.2, 0) is 4.79 Å².